The Hall–Kier alpha value is -2.33. The molecule has 0 fully saturated rings. The Morgan fingerprint density at radius 3 is 2.85 bits per heavy atom. The number of rotatable bonds is 4. The lowest BCUT2D eigenvalue weighted by Gasteiger charge is -2.08. The molecule has 104 valence electrons. The van der Waals surface area contributed by atoms with Crippen molar-refractivity contribution in [3.05, 3.63) is 33.5 Å². The molecule has 2 aromatic rings. The molecule has 6 nitrogen and oxygen atoms in total. The highest BCUT2D eigenvalue weighted by Crippen LogP contribution is 2.27. The second-order valence-corrected chi connectivity index (χ2v) is 4.12. The first-order valence-corrected chi connectivity index (χ1v) is 6.04. The molecule has 0 bridgehead atoms. The van der Waals surface area contributed by atoms with Crippen LogP contribution in [0, 0.1) is 18.2 Å². The van der Waals surface area contributed by atoms with Gasteiger partial charge in [0, 0.05) is 12.6 Å². The molecule has 0 saturated carbocycles. The zero-order valence-corrected chi connectivity index (χ0v) is 11.3. The van der Waals surface area contributed by atoms with Crippen molar-refractivity contribution in [1.82, 2.24) is 19.8 Å². The first kappa shape index (κ1) is 14.1. The fourth-order valence-corrected chi connectivity index (χ4v) is 1.77. The Bertz CT molecular complexity index is 732. The number of ether oxygens (including phenoxy) is 1. The summed E-state index contributed by atoms with van der Waals surface area (Å²) in [4.78, 5) is 11.9. The average molecular weight is 297 g/mol. The van der Waals surface area contributed by atoms with Gasteiger partial charge in [0.2, 0.25) is 0 Å². The van der Waals surface area contributed by atoms with Crippen molar-refractivity contribution < 1.29 is 9.13 Å². The zero-order valence-electron chi connectivity index (χ0n) is 10.5. The molecule has 1 aromatic carbocycles. The van der Waals surface area contributed by atoms with Gasteiger partial charge in [-0.1, -0.05) is 17.5 Å². The minimum Gasteiger partial charge on any atom is -0.478 e. The van der Waals surface area contributed by atoms with Gasteiger partial charge in [-0.15, -0.1) is 6.42 Å². The maximum atomic E-state index is 13.6. The molecule has 8 heteroatoms. The van der Waals surface area contributed by atoms with Crippen LogP contribution in [-0.4, -0.2) is 26.4 Å². The molecule has 20 heavy (non-hydrogen) atoms. The Labute approximate surface area is 118 Å². The van der Waals surface area contributed by atoms with Gasteiger partial charge < -0.3 is 4.74 Å². The number of nitrogens with zero attached hydrogens (tertiary/aromatic N) is 4. The maximum Gasteiger partial charge on any atom is 0.368 e. The molecule has 0 atom stereocenters. The molecule has 0 aliphatic heterocycles. The predicted molar refractivity (Wildman–Crippen MR) is 70.6 cm³/mol. The van der Waals surface area contributed by atoms with Gasteiger partial charge >= 0.3 is 5.69 Å². The van der Waals surface area contributed by atoms with E-state index in [0.29, 0.717) is 6.54 Å². The third kappa shape index (κ3) is 2.51. The predicted octanol–water partition coefficient (Wildman–Crippen LogP) is 1.25. The number of hydrogen-bond acceptors (Lipinski definition) is 4. The summed E-state index contributed by atoms with van der Waals surface area (Å²) < 4.78 is 20.8. The number of aromatic nitrogens is 4. The number of benzene rings is 1. The van der Waals surface area contributed by atoms with Gasteiger partial charge in [-0.05, 0) is 23.4 Å². The van der Waals surface area contributed by atoms with Crippen molar-refractivity contribution in [2.75, 3.05) is 6.61 Å². The third-order valence-corrected chi connectivity index (χ3v) is 2.78. The summed E-state index contributed by atoms with van der Waals surface area (Å²) in [7, 11) is 0. The standard InChI is InChI=1S/C12H10ClFN4O2/c1-3-5-20-11-7-10(8(13)6-9(11)14)18-12(19)17(4-2)15-16-18/h1,6-7H,4-5H2,2H3. The van der Waals surface area contributed by atoms with E-state index in [1.165, 1.54) is 6.07 Å². The maximum absolute atomic E-state index is 13.6. The molecule has 0 amide bonds. The van der Waals surface area contributed by atoms with Gasteiger partial charge in [0.15, 0.2) is 11.6 Å². The highest BCUT2D eigenvalue weighted by Gasteiger charge is 2.15. The molecule has 0 spiro atoms. The number of terminal acetylenes is 1. The van der Waals surface area contributed by atoms with Crippen LogP contribution >= 0.6 is 11.6 Å². The molecule has 0 unspecified atom stereocenters. The molecule has 0 N–H and O–H groups in total. The highest BCUT2D eigenvalue weighted by atomic mass is 35.5. The summed E-state index contributed by atoms with van der Waals surface area (Å²) in [6.07, 6.45) is 5.05. The Morgan fingerprint density at radius 2 is 2.25 bits per heavy atom. The SMILES string of the molecule is C#CCOc1cc(-n2nnn(CC)c2=O)c(Cl)cc1F. The first-order valence-electron chi connectivity index (χ1n) is 5.67. The monoisotopic (exact) mass is 296 g/mol. The number of hydrogen-bond donors (Lipinski definition) is 0. The van der Waals surface area contributed by atoms with Crippen molar-refractivity contribution >= 4 is 11.6 Å². The van der Waals surface area contributed by atoms with Crippen LogP contribution < -0.4 is 10.4 Å². The van der Waals surface area contributed by atoms with Crippen molar-refractivity contribution in [3.8, 4) is 23.8 Å². The molecule has 0 radical (unpaired) electrons. The summed E-state index contributed by atoms with van der Waals surface area (Å²) >= 11 is 5.92. The lowest BCUT2D eigenvalue weighted by Crippen LogP contribution is -2.24. The summed E-state index contributed by atoms with van der Waals surface area (Å²) in [5.41, 5.74) is -0.311. The molecular weight excluding hydrogens is 287 g/mol. The second-order valence-electron chi connectivity index (χ2n) is 3.72. The number of halogens is 2. The smallest absolute Gasteiger partial charge is 0.368 e. The first-order chi connectivity index (χ1) is 9.58. The molecule has 2 rings (SSSR count). The van der Waals surface area contributed by atoms with Crippen LogP contribution in [0.1, 0.15) is 6.92 Å². The Kier molecular flexibility index (Phi) is 4.05. The lowest BCUT2D eigenvalue weighted by atomic mass is 10.3. The van der Waals surface area contributed by atoms with E-state index >= 15 is 0 Å². The average Bonchev–Trinajstić information content (AvgIpc) is 2.79. The molecular formula is C12H10ClFN4O2. The van der Waals surface area contributed by atoms with Crippen LogP contribution in [0.3, 0.4) is 0 Å². The van der Waals surface area contributed by atoms with E-state index in [-0.39, 0.29) is 23.1 Å². The summed E-state index contributed by atoms with van der Waals surface area (Å²) in [5, 5.41) is 7.36. The largest absolute Gasteiger partial charge is 0.478 e. The molecule has 1 aromatic heterocycles. The minimum absolute atomic E-state index is 0.0146. The molecule has 0 aliphatic carbocycles. The van der Waals surface area contributed by atoms with Gasteiger partial charge in [0.25, 0.3) is 0 Å². The fourth-order valence-electron chi connectivity index (χ4n) is 1.53. The van der Waals surface area contributed by atoms with Crippen molar-refractivity contribution in [1.29, 1.82) is 0 Å². The van der Waals surface area contributed by atoms with Crippen molar-refractivity contribution in [2.24, 2.45) is 0 Å². The molecule has 0 saturated heterocycles. The van der Waals surface area contributed by atoms with Crippen molar-refractivity contribution in [2.45, 2.75) is 13.5 Å². The van der Waals surface area contributed by atoms with E-state index in [4.69, 9.17) is 22.8 Å². The van der Waals surface area contributed by atoms with Crippen molar-refractivity contribution in [3.63, 3.8) is 0 Å². The van der Waals surface area contributed by atoms with Gasteiger partial charge in [0.05, 0.1) is 10.7 Å². The van der Waals surface area contributed by atoms with E-state index in [1.54, 1.807) is 6.92 Å². The lowest BCUT2D eigenvalue weighted by molar-refractivity contribution is 0.348. The normalized spacial score (nSPS) is 10.3. The summed E-state index contributed by atoms with van der Waals surface area (Å²) in [5.74, 6) is 1.43. The second kappa shape index (κ2) is 5.75. The van der Waals surface area contributed by atoms with E-state index in [0.717, 1.165) is 15.4 Å². The Morgan fingerprint density at radius 1 is 1.50 bits per heavy atom. The summed E-state index contributed by atoms with van der Waals surface area (Å²) in [6.45, 7) is 2.00. The van der Waals surface area contributed by atoms with Crippen LogP contribution in [0.4, 0.5) is 4.39 Å². The third-order valence-electron chi connectivity index (χ3n) is 2.48. The quantitative estimate of drug-likeness (QED) is 0.797. The number of tetrazole rings is 1. The fraction of sp³-hybridized carbons (Fsp3) is 0.250. The van der Waals surface area contributed by atoms with E-state index in [9.17, 15) is 9.18 Å². The summed E-state index contributed by atoms with van der Waals surface area (Å²) in [6, 6.07) is 2.28. The zero-order chi connectivity index (χ0) is 14.7. The van der Waals surface area contributed by atoms with Crippen LogP contribution in [-0.2, 0) is 6.54 Å². The van der Waals surface area contributed by atoms with E-state index in [1.807, 2.05) is 0 Å². The van der Waals surface area contributed by atoms with Gasteiger partial charge in [0.1, 0.15) is 6.61 Å². The van der Waals surface area contributed by atoms with Gasteiger partial charge in [-0.3, -0.25) is 0 Å². The van der Waals surface area contributed by atoms with Gasteiger partial charge in [-0.2, -0.15) is 9.36 Å². The Balaban J connectivity index is 2.53. The molecule has 0 aliphatic rings. The number of aryl methyl sites for hydroxylation is 1. The topological polar surface area (TPSA) is 61.9 Å². The van der Waals surface area contributed by atoms with E-state index < -0.39 is 11.5 Å². The molecule has 1 heterocycles. The highest BCUT2D eigenvalue weighted by molar-refractivity contribution is 6.32. The van der Waals surface area contributed by atoms with Crippen LogP contribution in [0.2, 0.25) is 5.02 Å². The van der Waals surface area contributed by atoms with Crippen LogP contribution in [0.25, 0.3) is 5.69 Å². The van der Waals surface area contributed by atoms with Crippen LogP contribution in [0.15, 0.2) is 16.9 Å². The minimum atomic E-state index is -0.676. The van der Waals surface area contributed by atoms with E-state index in [2.05, 4.69) is 16.3 Å². The van der Waals surface area contributed by atoms with Crippen LogP contribution in [0.5, 0.6) is 5.75 Å². The van der Waals surface area contributed by atoms with Gasteiger partial charge in [-0.25, -0.2) is 9.18 Å².